The van der Waals surface area contributed by atoms with E-state index in [1.807, 2.05) is 0 Å². The van der Waals surface area contributed by atoms with Crippen molar-refractivity contribution in [1.29, 1.82) is 0 Å². The van der Waals surface area contributed by atoms with E-state index in [-0.39, 0.29) is 57.5 Å². The van der Waals surface area contributed by atoms with E-state index in [4.69, 9.17) is 5.11 Å². The lowest BCUT2D eigenvalue weighted by molar-refractivity contribution is -0.0228. The third kappa shape index (κ3) is 6.89. The van der Waals surface area contributed by atoms with Crippen LogP contribution in [0, 0.1) is 6.92 Å². The largest absolute Gasteiger partial charge is 0.395 e. The van der Waals surface area contributed by atoms with Gasteiger partial charge in [0, 0.05) is 69.3 Å². The molecule has 0 atom stereocenters. The molecule has 2 fully saturated rings. The number of alkyl halides is 4. The zero-order chi connectivity index (χ0) is 29.4. The summed E-state index contributed by atoms with van der Waals surface area (Å²) in [7, 11) is -3.80. The Morgan fingerprint density at radius 1 is 0.927 bits per heavy atom. The maximum absolute atomic E-state index is 13.9. The Labute approximate surface area is 235 Å². The molecule has 0 amide bonds. The van der Waals surface area contributed by atoms with Gasteiger partial charge in [-0.15, -0.1) is 0 Å². The number of aromatic nitrogens is 4. The molecule has 0 saturated carbocycles. The van der Waals surface area contributed by atoms with Gasteiger partial charge in [0.1, 0.15) is 0 Å². The maximum atomic E-state index is 13.9. The van der Waals surface area contributed by atoms with Gasteiger partial charge in [-0.3, -0.25) is 4.72 Å². The van der Waals surface area contributed by atoms with Crippen molar-refractivity contribution >= 4 is 27.3 Å². The van der Waals surface area contributed by atoms with Gasteiger partial charge in [0.05, 0.1) is 41.3 Å². The van der Waals surface area contributed by atoms with Crippen LogP contribution in [0.2, 0.25) is 0 Å². The summed E-state index contributed by atoms with van der Waals surface area (Å²) in [6.07, 6.45) is 2.07. The zero-order valence-corrected chi connectivity index (χ0v) is 23.2. The van der Waals surface area contributed by atoms with E-state index in [1.165, 1.54) is 6.07 Å². The molecule has 2 aliphatic heterocycles. The van der Waals surface area contributed by atoms with Crippen molar-refractivity contribution in [2.75, 3.05) is 53.1 Å². The molecule has 0 unspecified atom stereocenters. The highest BCUT2D eigenvalue weighted by molar-refractivity contribution is 7.92. The Bertz CT molecular complexity index is 1500. The predicted octanol–water partition coefficient (Wildman–Crippen LogP) is 3.84. The molecule has 2 saturated heterocycles. The van der Waals surface area contributed by atoms with Crippen molar-refractivity contribution in [3.05, 3.63) is 42.4 Å². The fourth-order valence-corrected chi connectivity index (χ4v) is 5.75. The van der Waals surface area contributed by atoms with Gasteiger partial charge in [-0.1, -0.05) is 0 Å². The minimum absolute atomic E-state index is 0.0598. The number of rotatable bonds is 8. The number of hydrogen-bond acceptors (Lipinski definition) is 8. The maximum Gasteiger partial charge on any atom is 0.251 e. The number of sulfonamides is 1. The summed E-state index contributed by atoms with van der Waals surface area (Å²) in [5, 5.41) is 13.5. The van der Waals surface area contributed by atoms with Crippen molar-refractivity contribution in [2.24, 2.45) is 0 Å². The average Bonchev–Trinajstić information content (AvgIpc) is 3.38. The SMILES string of the molecule is Cc1cc(-c2cnn(-c3ccc(NS(=O)(=O)CCO)cc3N3CCC(F)(F)CC3)c2)nc(N2CCC(F)(F)CC2)n1. The minimum Gasteiger partial charge on any atom is -0.395 e. The van der Waals surface area contributed by atoms with Gasteiger partial charge < -0.3 is 14.9 Å². The molecule has 1 aromatic carbocycles. The molecule has 2 N–H and O–H groups in total. The predicted molar refractivity (Wildman–Crippen MR) is 147 cm³/mol. The zero-order valence-electron chi connectivity index (χ0n) is 22.4. The third-order valence-corrected chi connectivity index (χ3v) is 8.46. The Morgan fingerprint density at radius 3 is 2.20 bits per heavy atom. The summed E-state index contributed by atoms with van der Waals surface area (Å²) in [6, 6.07) is 6.50. The van der Waals surface area contributed by atoms with Crippen molar-refractivity contribution in [3.63, 3.8) is 0 Å². The number of hydrogen-bond donors (Lipinski definition) is 2. The van der Waals surface area contributed by atoms with Crippen LogP contribution in [0.15, 0.2) is 36.7 Å². The van der Waals surface area contributed by atoms with E-state index >= 15 is 0 Å². The van der Waals surface area contributed by atoms with Crippen LogP contribution in [0.25, 0.3) is 16.9 Å². The third-order valence-electron chi connectivity index (χ3n) is 7.19. The number of nitrogens with one attached hydrogen (secondary N) is 1. The van der Waals surface area contributed by atoms with E-state index in [9.17, 15) is 26.0 Å². The molecular weight excluding hydrogens is 566 g/mol. The van der Waals surface area contributed by atoms with Crippen molar-refractivity contribution in [3.8, 4) is 16.9 Å². The minimum atomic E-state index is -3.80. The molecule has 2 aliphatic rings. The number of piperidine rings is 2. The number of aliphatic hydroxyl groups is 1. The van der Waals surface area contributed by atoms with Gasteiger partial charge in [-0.2, -0.15) is 5.10 Å². The summed E-state index contributed by atoms with van der Waals surface area (Å²) in [5.74, 6) is -5.59. The lowest BCUT2D eigenvalue weighted by Crippen LogP contribution is -2.40. The van der Waals surface area contributed by atoms with Gasteiger partial charge in [0.2, 0.25) is 16.0 Å². The molecule has 222 valence electrons. The molecule has 15 heteroatoms. The number of anilines is 3. The summed E-state index contributed by atoms with van der Waals surface area (Å²) in [5.41, 5.74) is 3.10. The van der Waals surface area contributed by atoms with Crippen molar-refractivity contribution in [1.82, 2.24) is 19.7 Å². The molecule has 10 nitrogen and oxygen atoms in total. The van der Waals surface area contributed by atoms with Crippen LogP contribution >= 0.6 is 0 Å². The summed E-state index contributed by atoms with van der Waals surface area (Å²) >= 11 is 0. The second-order valence-corrected chi connectivity index (χ2v) is 12.2. The Balaban J connectivity index is 1.46. The van der Waals surface area contributed by atoms with Gasteiger partial charge in [-0.25, -0.2) is 40.6 Å². The molecule has 0 spiro atoms. The smallest absolute Gasteiger partial charge is 0.251 e. The highest BCUT2D eigenvalue weighted by Crippen LogP contribution is 2.36. The van der Waals surface area contributed by atoms with Crippen LogP contribution in [0.4, 0.5) is 34.9 Å². The molecule has 3 aromatic rings. The highest BCUT2D eigenvalue weighted by Gasteiger charge is 2.36. The second-order valence-electron chi connectivity index (χ2n) is 10.4. The van der Waals surface area contributed by atoms with Gasteiger partial charge in [-0.05, 0) is 31.2 Å². The van der Waals surface area contributed by atoms with Crippen LogP contribution in [0.3, 0.4) is 0 Å². The average molecular weight is 598 g/mol. The molecule has 5 rings (SSSR count). The number of benzene rings is 1. The summed E-state index contributed by atoms with van der Waals surface area (Å²) in [4.78, 5) is 12.5. The quantitative estimate of drug-likeness (QED) is 0.377. The van der Waals surface area contributed by atoms with Gasteiger partial charge in [0.15, 0.2) is 0 Å². The van der Waals surface area contributed by atoms with Gasteiger partial charge in [0.25, 0.3) is 11.8 Å². The van der Waals surface area contributed by atoms with Crippen LogP contribution < -0.4 is 14.5 Å². The molecule has 4 heterocycles. The molecule has 0 aliphatic carbocycles. The number of halogens is 4. The summed E-state index contributed by atoms with van der Waals surface area (Å²) in [6.45, 7) is 1.64. The molecule has 0 bridgehead atoms. The molecule has 0 radical (unpaired) electrons. The van der Waals surface area contributed by atoms with Crippen LogP contribution in [-0.2, 0) is 10.0 Å². The Hall–Kier alpha value is -3.46. The van der Waals surface area contributed by atoms with Crippen LogP contribution in [0.5, 0.6) is 0 Å². The monoisotopic (exact) mass is 597 g/mol. The van der Waals surface area contributed by atoms with Gasteiger partial charge >= 0.3 is 0 Å². The van der Waals surface area contributed by atoms with Crippen molar-refractivity contribution < 1.29 is 31.1 Å². The number of nitrogens with zero attached hydrogens (tertiary/aromatic N) is 6. The van der Waals surface area contributed by atoms with Crippen LogP contribution in [0.1, 0.15) is 31.4 Å². The summed E-state index contributed by atoms with van der Waals surface area (Å²) < 4.78 is 83.6. The number of aliphatic hydroxyl groups excluding tert-OH is 1. The lowest BCUT2D eigenvalue weighted by Gasteiger charge is -2.34. The van der Waals surface area contributed by atoms with E-state index < -0.39 is 34.2 Å². The van der Waals surface area contributed by atoms with E-state index in [0.717, 1.165) is 0 Å². The van der Waals surface area contributed by atoms with Crippen LogP contribution in [-0.4, -0.2) is 83.7 Å². The standard InChI is InChI=1S/C26H31F4N7O3S/c1-18-14-21(33-24(32-18)36-10-6-26(29,30)7-11-36)19-16-31-37(17-19)22-3-2-20(34-41(39,40)13-12-38)15-23(22)35-8-4-25(27,28)5-9-35/h2-3,14-17,34,38H,4-13H2,1H3. The highest BCUT2D eigenvalue weighted by atomic mass is 32.2. The van der Waals surface area contributed by atoms with E-state index in [2.05, 4.69) is 19.8 Å². The van der Waals surface area contributed by atoms with E-state index in [1.54, 1.807) is 52.0 Å². The second kappa shape index (κ2) is 11.1. The first-order valence-corrected chi connectivity index (χ1v) is 14.9. The first-order valence-electron chi connectivity index (χ1n) is 13.3. The fourth-order valence-electron chi connectivity index (χ4n) is 4.92. The van der Waals surface area contributed by atoms with E-state index in [0.29, 0.717) is 34.3 Å². The fraction of sp³-hybridized carbons (Fsp3) is 0.500. The lowest BCUT2D eigenvalue weighted by atomic mass is 10.1. The normalized spacial score (nSPS) is 18.9. The Morgan fingerprint density at radius 2 is 1.56 bits per heavy atom. The molecular formula is C26H31F4N7O3S. The first kappa shape index (κ1) is 29.0. The molecule has 2 aromatic heterocycles. The molecule has 41 heavy (non-hydrogen) atoms. The first-order chi connectivity index (χ1) is 19.3. The Kier molecular flexibility index (Phi) is 7.85. The topological polar surface area (TPSA) is 116 Å². The number of aryl methyl sites for hydroxylation is 1. The van der Waals surface area contributed by atoms with Crippen molar-refractivity contribution in [2.45, 2.75) is 44.5 Å².